The zero-order chi connectivity index (χ0) is 14.0. The largest absolute Gasteiger partial charge is 0.496 e. The molecule has 0 aromatic heterocycles. The van der Waals surface area contributed by atoms with Gasteiger partial charge in [-0.3, -0.25) is 14.9 Å². The Morgan fingerprint density at radius 3 is 2.63 bits per heavy atom. The molecule has 19 heavy (non-hydrogen) atoms. The molecule has 1 aliphatic rings. The number of nitrogens with zero attached hydrogens (tertiary/aromatic N) is 1. The van der Waals surface area contributed by atoms with Gasteiger partial charge >= 0.3 is 5.97 Å². The highest BCUT2D eigenvalue weighted by molar-refractivity contribution is 5.76. The summed E-state index contributed by atoms with van der Waals surface area (Å²) in [6.45, 7) is 0. The van der Waals surface area contributed by atoms with E-state index in [4.69, 9.17) is 4.74 Å². The van der Waals surface area contributed by atoms with Crippen LogP contribution in [-0.2, 0) is 11.2 Å². The second-order valence-electron chi connectivity index (χ2n) is 4.87. The van der Waals surface area contributed by atoms with Gasteiger partial charge in [0.25, 0.3) is 5.69 Å². The average Bonchev–Trinajstić information content (AvgIpc) is 2.32. The Kier molecular flexibility index (Phi) is 3.42. The molecule has 0 amide bonds. The van der Waals surface area contributed by atoms with E-state index in [-0.39, 0.29) is 12.1 Å². The first-order valence-corrected chi connectivity index (χ1v) is 6.03. The highest BCUT2D eigenvalue weighted by atomic mass is 16.6. The van der Waals surface area contributed by atoms with Crippen molar-refractivity contribution in [3.63, 3.8) is 0 Å². The number of carboxylic acid groups (broad SMARTS) is 1. The van der Waals surface area contributed by atoms with Crippen molar-refractivity contribution in [2.24, 2.45) is 5.41 Å². The Bertz CT molecular complexity index is 522. The maximum atomic E-state index is 11.4. The van der Waals surface area contributed by atoms with Gasteiger partial charge in [0.1, 0.15) is 5.75 Å². The average molecular weight is 265 g/mol. The zero-order valence-corrected chi connectivity index (χ0v) is 10.6. The molecule has 1 saturated carbocycles. The number of hydrogen-bond acceptors (Lipinski definition) is 4. The highest BCUT2D eigenvalue weighted by Gasteiger charge is 2.44. The van der Waals surface area contributed by atoms with E-state index in [2.05, 4.69) is 0 Å². The Morgan fingerprint density at radius 1 is 1.53 bits per heavy atom. The Balaban J connectivity index is 2.34. The van der Waals surface area contributed by atoms with Gasteiger partial charge in [0.15, 0.2) is 0 Å². The van der Waals surface area contributed by atoms with E-state index in [9.17, 15) is 20.0 Å². The quantitative estimate of drug-likeness (QED) is 0.652. The Morgan fingerprint density at radius 2 is 2.21 bits per heavy atom. The summed E-state index contributed by atoms with van der Waals surface area (Å²) in [5, 5.41) is 20.1. The number of nitro groups is 1. The van der Waals surface area contributed by atoms with Gasteiger partial charge in [-0.2, -0.15) is 0 Å². The van der Waals surface area contributed by atoms with Crippen LogP contribution in [0.25, 0.3) is 0 Å². The number of methoxy groups -OCH3 is 1. The highest BCUT2D eigenvalue weighted by Crippen LogP contribution is 2.45. The third-order valence-electron chi connectivity index (χ3n) is 3.77. The molecule has 2 rings (SSSR count). The van der Waals surface area contributed by atoms with Crippen molar-refractivity contribution in [1.29, 1.82) is 0 Å². The molecule has 1 aromatic carbocycles. The van der Waals surface area contributed by atoms with Crippen LogP contribution in [-0.4, -0.2) is 23.1 Å². The lowest BCUT2D eigenvalue weighted by atomic mass is 9.65. The van der Waals surface area contributed by atoms with Gasteiger partial charge < -0.3 is 9.84 Å². The predicted molar refractivity (Wildman–Crippen MR) is 67.3 cm³/mol. The zero-order valence-electron chi connectivity index (χ0n) is 10.6. The van der Waals surface area contributed by atoms with E-state index < -0.39 is 16.3 Å². The second kappa shape index (κ2) is 4.87. The first kappa shape index (κ1) is 13.3. The van der Waals surface area contributed by atoms with Crippen molar-refractivity contribution in [2.75, 3.05) is 7.11 Å². The van der Waals surface area contributed by atoms with Crippen molar-refractivity contribution in [3.8, 4) is 5.75 Å². The molecule has 1 aliphatic carbocycles. The molecule has 0 heterocycles. The molecule has 1 fully saturated rings. The van der Waals surface area contributed by atoms with Crippen molar-refractivity contribution < 1.29 is 19.6 Å². The topological polar surface area (TPSA) is 89.7 Å². The van der Waals surface area contributed by atoms with E-state index in [0.717, 1.165) is 6.42 Å². The van der Waals surface area contributed by atoms with Crippen LogP contribution in [0.1, 0.15) is 24.8 Å². The number of benzene rings is 1. The van der Waals surface area contributed by atoms with E-state index in [1.807, 2.05) is 0 Å². The fourth-order valence-electron chi connectivity index (χ4n) is 2.45. The lowest BCUT2D eigenvalue weighted by molar-refractivity contribution is -0.384. The van der Waals surface area contributed by atoms with Crippen LogP contribution in [0.3, 0.4) is 0 Å². The van der Waals surface area contributed by atoms with Gasteiger partial charge in [0.05, 0.1) is 17.4 Å². The first-order valence-electron chi connectivity index (χ1n) is 6.03. The van der Waals surface area contributed by atoms with Crippen molar-refractivity contribution in [2.45, 2.75) is 25.7 Å². The van der Waals surface area contributed by atoms with Gasteiger partial charge in [-0.15, -0.1) is 0 Å². The number of ether oxygens (including phenoxy) is 1. The molecule has 0 aliphatic heterocycles. The maximum absolute atomic E-state index is 11.4. The molecule has 1 aromatic rings. The summed E-state index contributed by atoms with van der Waals surface area (Å²) >= 11 is 0. The summed E-state index contributed by atoms with van der Waals surface area (Å²) in [6.07, 6.45) is 2.36. The smallest absolute Gasteiger partial charge is 0.309 e. The second-order valence-corrected chi connectivity index (χ2v) is 4.87. The monoisotopic (exact) mass is 265 g/mol. The number of aliphatic carboxylic acids is 1. The van der Waals surface area contributed by atoms with Gasteiger partial charge in [0, 0.05) is 17.7 Å². The number of carboxylic acids is 1. The standard InChI is InChI=1S/C13H15NO5/c1-19-11-4-3-10(14(17)18)7-9(11)8-13(12(15)16)5-2-6-13/h3-4,7H,2,5-6,8H2,1H3,(H,15,16). The number of hydrogen-bond donors (Lipinski definition) is 1. The van der Waals surface area contributed by atoms with E-state index in [0.29, 0.717) is 24.2 Å². The van der Waals surface area contributed by atoms with Crippen LogP contribution in [0, 0.1) is 15.5 Å². The summed E-state index contributed by atoms with van der Waals surface area (Å²) in [5.41, 5.74) is -0.253. The predicted octanol–water partition coefficient (Wildman–Crippen LogP) is 2.40. The van der Waals surface area contributed by atoms with Gasteiger partial charge in [0.2, 0.25) is 0 Å². The maximum Gasteiger partial charge on any atom is 0.309 e. The first-order chi connectivity index (χ1) is 8.98. The summed E-state index contributed by atoms with van der Waals surface area (Å²) in [5.74, 6) is -0.342. The molecule has 0 saturated heterocycles. The molecule has 0 spiro atoms. The summed E-state index contributed by atoms with van der Waals surface area (Å²) < 4.78 is 5.16. The molecule has 102 valence electrons. The van der Waals surface area contributed by atoms with Crippen molar-refractivity contribution in [1.82, 2.24) is 0 Å². The van der Waals surface area contributed by atoms with Gasteiger partial charge in [-0.1, -0.05) is 6.42 Å². The number of nitro benzene ring substituents is 1. The summed E-state index contributed by atoms with van der Waals surface area (Å²) in [7, 11) is 1.47. The SMILES string of the molecule is COc1ccc([N+](=O)[O-])cc1CC1(C(=O)O)CCC1. The third-order valence-corrected chi connectivity index (χ3v) is 3.77. The van der Waals surface area contributed by atoms with Crippen LogP contribution >= 0.6 is 0 Å². The summed E-state index contributed by atoms with van der Waals surface area (Å²) in [6, 6.07) is 4.28. The van der Waals surface area contributed by atoms with E-state index in [1.165, 1.54) is 25.3 Å². The van der Waals surface area contributed by atoms with E-state index >= 15 is 0 Å². The minimum atomic E-state index is -0.840. The molecule has 0 unspecified atom stereocenters. The van der Waals surface area contributed by atoms with Gasteiger partial charge in [-0.25, -0.2) is 0 Å². The lowest BCUT2D eigenvalue weighted by Gasteiger charge is -2.37. The molecule has 6 heteroatoms. The van der Waals surface area contributed by atoms with E-state index in [1.54, 1.807) is 0 Å². The van der Waals surface area contributed by atoms with Crippen LogP contribution in [0.15, 0.2) is 18.2 Å². The summed E-state index contributed by atoms with van der Waals surface area (Å²) in [4.78, 5) is 21.6. The fourth-order valence-corrected chi connectivity index (χ4v) is 2.45. The van der Waals surface area contributed by atoms with Crippen LogP contribution < -0.4 is 4.74 Å². The molecule has 0 radical (unpaired) electrons. The Hall–Kier alpha value is -2.11. The molecule has 1 N–H and O–H groups in total. The number of carbonyl (C=O) groups is 1. The number of non-ortho nitro benzene ring substituents is 1. The minimum Gasteiger partial charge on any atom is -0.496 e. The van der Waals surface area contributed by atoms with Gasteiger partial charge in [-0.05, 0) is 25.3 Å². The Labute approximate surface area is 110 Å². The molecular formula is C13H15NO5. The van der Waals surface area contributed by atoms with Crippen LogP contribution in [0.5, 0.6) is 5.75 Å². The van der Waals surface area contributed by atoms with Crippen molar-refractivity contribution >= 4 is 11.7 Å². The molecule has 0 atom stereocenters. The van der Waals surface area contributed by atoms with Crippen molar-refractivity contribution in [3.05, 3.63) is 33.9 Å². The minimum absolute atomic E-state index is 0.0457. The fraction of sp³-hybridized carbons (Fsp3) is 0.462. The molecule has 0 bridgehead atoms. The normalized spacial score (nSPS) is 16.5. The van der Waals surface area contributed by atoms with Crippen LogP contribution in [0.4, 0.5) is 5.69 Å². The molecular weight excluding hydrogens is 250 g/mol. The third kappa shape index (κ3) is 2.38. The number of rotatable bonds is 5. The molecule has 6 nitrogen and oxygen atoms in total. The van der Waals surface area contributed by atoms with Crippen LogP contribution in [0.2, 0.25) is 0 Å². The lowest BCUT2D eigenvalue weighted by Crippen LogP contribution is -2.39.